The van der Waals surface area contributed by atoms with Gasteiger partial charge < -0.3 is 25.0 Å². The highest BCUT2D eigenvalue weighted by atomic mass is 16.6. The molecule has 2 N–H and O–H groups in total. The molecule has 1 aromatic carbocycles. The van der Waals surface area contributed by atoms with Gasteiger partial charge in [0.15, 0.2) is 0 Å². The topological polar surface area (TPSA) is 134 Å². The molecule has 1 aromatic rings. The molecular formula is C26H36N4O7. The quantitative estimate of drug-likeness (QED) is 0.378. The fraction of sp³-hybridized carbons (Fsp3) is 0.577. The van der Waals surface area contributed by atoms with Gasteiger partial charge in [0.25, 0.3) is 17.7 Å². The summed E-state index contributed by atoms with van der Waals surface area (Å²) in [5, 5.41) is 5.38. The third-order valence-electron chi connectivity index (χ3n) is 6.26. The Labute approximate surface area is 216 Å². The number of alkyl carbamates (subject to hydrolysis) is 1. The van der Waals surface area contributed by atoms with Crippen molar-refractivity contribution in [3.8, 4) is 0 Å². The van der Waals surface area contributed by atoms with E-state index in [0.717, 1.165) is 0 Å². The van der Waals surface area contributed by atoms with Crippen molar-refractivity contribution in [2.45, 2.75) is 45.6 Å². The Hall–Kier alpha value is -3.47. The van der Waals surface area contributed by atoms with Crippen LogP contribution in [0.4, 0.5) is 4.79 Å². The van der Waals surface area contributed by atoms with E-state index >= 15 is 0 Å². The molecule has 0 atom stereocenters. The largest absolute Gasteiger partial charge is 0.444 e. The molecule has 0 spiro atoms. The van der Waals surface area contributed by atoms with Crippen LogP contribution in [0.15, 0.2) is 18.2 Å². The van der Waals surface area contributed by atoms with Gasteiger partial charge in [0.05, 0.1) is 11.1 Å². The predicted molar refractivity (Wildman–Crippen MR) is 134 cm³/mol. The molecular weight excluding hydrogens is 480 g/mol. The number of carbonyl (C=O) groups excluding carboxylic acids is 5. The Morgan fingerprint density at radius 2 is 1.70 bits per heavy atom. The fourth-order valence-electron chi connectivity index (χ4n) is 4.30. The molecule has 0 radical (unpaired) electrons. The molecule has 2 aliphatic rings. The van der Waals surface area contributed by atoms with Crippen LogP contribution in [0.2, 0.25) is 0 Å². The summed E-state index contributed by atoms with van der Waals surface area (Å²) in [7, 11) is 1.56. The second-order valence-electron chi connectivity index (χ2n) is 10.3. The highest BCUT2D eigenvalue weighted by molar-refractivity contribution is 6.22. The molecule has 2 aliphatic heterocycles. The van der Waals surface area contributed by atoms with Crippen LogP contribution in [-0.4, -0.2) is 91.6 Å². The van der Waals surface area contributed by atoms with Crippen molar-refractivity contribution in [1.29, 1.82) is 0 Å². The summed E-state index contributed by atoms with van der Waals surface area (Å²) in [6, 6.07) is 4.55. The van der Waals surface area contributed by atoms with Gasteiger partial charge in [0.2, 0.25) is 5.91 Å². The van der Waals surface area contributed by atoms with Gasteiger partial charge in [-0.25, -0.2) is 4.79 Å². The molecule has 37 heavy (non-hydrogen) atoms. The lowest BCUT2D eigenvalue weighted by Crippen LogP contribution is -2.46. The molecule has 1 saturated heterocycles. The van der Waals surface area contributed by atoms with E-state index in [1.54, 1.807) is 38.8 Å². The van der Waals surface area contributed by atoms with E-state index in [4.69, 9.17) is 9.47 Å². The van der Waals surface area contributed by atoms with Crippen molar-refractivity contribution >= 4 is 29.7 Å². The summed E-state index contributed by atoms with van der Waals surface area (Å²) in [6.07, 6.45) is 1.34. The number of nitrogens with one attached hydrogen (secondary N) is 2. The van der Waals surface area contributed by atoms with Crippen LogP contribution in [0.3, 0.4) is 0 Å². The first-order valence-electron chi connectivity index (χ1n) is 12.5. The number of imide groups is 1. The van der Waals surface area contributed by atoms with Gasteiger partial charge in [-0.1, -0.05) is 0 Å². The number of piperidine rings is 1. The standard InChI is InChI=1S/C26H36N4O7/c1-26(2,3)37-25(35)28-16-21(31)29-11-8-17(9-12-29)15-27-22(32)18-6-7-19-20(14-18)24(34)30(23(19)33)10-5-13-36-4/h6-7,14,17H,5,8-13,15-16H2,1-4H3,(H,27,32)(H,28,35). The zero-order valence-corrected chi connectivity index (χ0v) is 21.9. The van der Waals surface area contributed by atoms with Gasteiger partial charge in [0, 0.05) is 45.5 Å². The van der Waals surface area contributed by atoms with E-state index in [-0.39, 0.29) is 42.3 Å². The van der Waals surface area contributed by atoms with Crippen LogP contribution in [0.1, 0.15) is 71.1 Å². The second kappa shape index (κ2) is 12.2. The average molecular weight is 517 g/mol. The number of methoxy groups -OCH3 is 1. The maximum absolute atomic E-state index is 12.7. The van der Waals surface area contributed by atoms with Crippen molar-refractivity contribution in [3.05, 3.63) is 34.9 Å². The predicted octanol–water partition coefficient (Wildman–Crippen LogP) is 1.81. The summed E-state index contributed by atoms with van der Waals surface area (Å²) in [5.74, 6) is -1.06. The molecule has 0 bridgehead atoms. The zero-order chi connectivity index (χ0) is 27.2. The number of rotatable bonds is 9. The molecule has 11 nitrogen and oxygen atoms in total. The summed E-state index contributed by atoms with van der Waals surface area (Å²) in [5.41, 5.74) is 0.228. The first-order chi connectivity index (χ1) is 17.5. The molecule has 202 valence electrons. The van der Waals surface area contributed by atoms with E-state index in [1.807, 2.05) is 0 Å². The Morgan fingerprint density at radius 3 is 2.35 bits per heavy atom. The summed E-state index contributed by atoms with van der Waals surface area (Å²) >= 11 is 0. The Balaban J connectivity index is 1.44. The number of hydrogen-bond acceptors (Lipinski definition) is 7. The molecule has 2 heterocycles. The molecule has 1 fully saturated rings. The summed E-state index contributed by atoms with van der Waals surface area (Å²) in [4.78, 5) is 65.0. The summed E-state index contributed by atoms with van der Waals surface area (Å²) < 4.78 is 10.1. The highest BCUT2D eigenvalue weighted by Crippen LogP contribution is 2.24. The molecule has 3 rings (SSSR count). The lowest BCUT2D eigenvalue weighted by molar-refractivity contribution is -0.131. The van der Waals surface area contributed by atoms with Gasteiger partial charge >= 0.3 is 6.09 Å². The lowest BCUT2D eigenvalue weighted by Gasteiger charge is -2.32. The van der Waals surface area contributed by atoms with Crippen LogP contribution in [0.5, 0.6) is 0 Å². The maximum atomic E-state index is 12.7. The Kier molecular flexibility index (Phi) is 9.25. The smallest absolute Gasteiger partial charge is 0.408 e. The summed E-state index contributed by atoms with van der Waals surface area (Å²) in [6.45, 7) is 7.33. The number of amides is 5. The molecule has 0 saturated carbocycles. The number of carbonyl (C=O) groups is 5. The monoisotopic (exact) mass is 516 g/mol. The lowest BCUT2D eigenvalue weighted by atomic mass is 9.96. The normalized spacial score (nSPS) is 16.0. The first-order valence-corrected chi connectivity index (χ1v) is 12.5. The van der Waals surface area contributed by atoms with Gasteiger partial charge in [-0.15, -0.1) is 0 Å². The third kappa shape index (κ3) is 7.51. The van der Waals surface area contributed by atoms with Crippen molar-refractivity contribution < 1.29 is 33.4 Å². The van der Waals surface area contributed by atoms with E-state index in [0.29, 0.717) is 56.6 Å². The maximum Gasteiger partial charge on any atom is 0.408 e. The highest BCUT2D eigenvalue weighted by Gasteiger charge is 2.35. The molecule has 11 heteroatoms. The minimum atomic E-state index is -0.632. The zero-order valence-electron chi connectivity index (χ0n) is 21.9. The number of nitrogens with zero attached hydrogens (tertiary/aromatic N) is 2. The third-order valence-corrected chi connectivity index (χ3v) is 6.26. The number of benzene rings is 1. The van der Waals surface area contributed by atoms with Gasteiger partial charge in [0.1, 0.15) is 12.1 Å². The fourth-order valence-corrected chi connectivity index (χ4v) is 4.30. The van der Waals surface area contributed by atoms with Crippen LogP contribution in [0.25, 0.3) is 0 Å². The van der Waals surface area contributed by atoms with Crippen molar-refractivity contribution in [2.24, 2.45) is 5.92 Å². The van der Waals surface area contributed by atoms with Gasteiger partial charge in [-0.3, -0.25) is 24.1 Å². The average Bonchev–Trinajstić information content (AvgIpc) is 3.09. The number of fused-ring (bicyclic) bond motifs is 1. The van der Waals surface area contributed by atoms with Crippen molar-refractivity contribution in [1.82, 2.24) is 20.4 Å². The number of ether oxygens (including phenoxy) is 2. The van der Waals surface area contributed by atoms with Crippen LogP contribution < -0.4 is 10.6 Å². The van der Waals surface area contributed by atoms with Crippen molar-refractivity contribution in [2.75, 3.05) is 46.4 Å². The second-order valence-corrected chi connectivity index (χ2v) is 10.3. The molecule has 0 aliphatic carbocycles. The molecule has 0 unspecified atom stereocenters. The van der Waals surface area contributed by atoms with E-state index in [9.17, 15) is 24.0 Å². The minimum absolute atomic E-state index is 0.125. The minimum Gasteiger partial charge on any atom is -0.444 e. The van der Waals surface area contributed by atoms with Crippen LogP contribution in [0, 0.1) is 5.92 Å². The first kappa shape index (κ1) is 28.1. The molecule has 0 aromatic heterocycles. The van der Waals surface area contributed by atoms with E-state index in [2.05, 4.69) is 10.6 Å². The Bertz CT molecular complexity index is 1040. The number of likely N-dealkylation sites (tertiary alicyclic amines) is 1. The van der Waals surface area contributed by atoms with E-state index in [1.165, 1.54) is 17.0 Å². The van der Waals surface area contributed by atoms with Crippen LogP contribution >= 0.6 is 0 Å². The molecule has 5 amide bonds. The SMILES string of the molecule is COCCCN1C(=O)c2ccc(C(=O)NCC3CCN(C(=O)CNC(=O)OC(C)(C)C)CC3)cc2C1=O. The van der Waals surface area contributed by atoms with Crippen molar-refractivity contribution in [3.63, 3.8) is 0 Å². The van der Waals surface area contributed by atoms with Gasteiger partial charge in [-0.05, 0) is 64.2 Å². The number of hydrogen-bond donors (Lipinski definition) is 2. The van der Waals surface area contributed by atoms with Crippen LogP contribution in [-0.2, 0) is 14.3 Å². The van der Waals surface area contributed by atoms with Gasteiger partial charge in [-0.2, -0.15) is 0 Å². The Morgan fingerprint density at radius 1 is 1.03 bits per heavy atom. The van der Waals surface area contributed by atoms with E-state index < -0.39 is 17.6 Å².